The molecule has 128 valence electrons. The SMILES string of the molecule is CCNC(=NCc1ncnn1C)NCC(=O)Nc1cccc(F)c1. The normalized spacial score (nSPS) is 11.2. The molecular formula is C15H20FN7O. The van der Waals surface area contributed by atoms with Gasteiger partial charge in [0, 0.05) is 19.3 Å². The minimum Gasteiger partial charge on any atom is -0.357 e. The topological polar surface area (TPSA) is 96.2 Å². The summed E-state index contributed by atoms with van der Waals surface area (Å²) in [6, 6.07) is 5.72. The first-order valence-corrected chi connectivity index (χ1v) is 7.49. The highest BCUT2D eigenvalue weighted by atomic mass is 19.1. The molecule has 0 unspecified atom stereocenters. The zero-order chi connectivity index (χ0) is 17.4. The molecular weight excluding hydrogens is 313 g/mol. The summed E-state index contributed by atoms with van der Waals surface area (Å²) in [4.78, 5) is 20.3. The molecule has 1 aromatic heterocycles. The minimum atomic E-state index is -0.403. The van der Waals surface area contributed by atoms with Crippen molar-refractivity contribution in [3.63, 3.8) is 0 Å². The van der Waals surface area contributed by atoms with E-state index >= 15 is 0 Å². The third kappa shape index (κ3) is 5.34. The Morgan fingerprint density at radius 2 is 2.21 bits per heavy atom. The van der Waals surface area contributed by atoms with E-state index in [0.717, 1.165) is 0 Å². The van der Waals surface area contributed by atoms with E-state index in [9.17, 15) is 9.18 Å². The Labute approximate surface area is 139 Å². The number of halogens is 1. The van der Waals surface area contributed by atoms with E-state index in [1.54, 1.807) is 17.8 Å². The van der Waals surface area contributed by atoms with Crippen LogP contribution in [0.2, 0.25) is 0 Å². The number of benzene rings is 1. The van der Waals surface area contributed by atoms with Crippen LogP contribution < -0.4 is 16.0 Å². The Balaban J connectivity index is 1.88. The lowest BCUT2D eigenvalue weighted by Crippen LogP contribution is -2.41. The Morgan fingerprint density at radius 3 is 2.88 bits per heavy atom. The molecule has 0 fully saturated rings. The lowest BCUT2D eigenvalue weighted by molar-refractivity contribution is -0.115. The van der Waals surface area contributed by atoms with Gasteiger partial charge in [0.15, 0.2) is 5.96 Å². The number of nitrogens with one attached hydrogen (secondary N) is 3. The van der Waals surface area contributed by atoms with Crippen LogP contribution in [-0.4, -0.2) is 39.7 Å². The van der Waals surface area contributed by atoms with Gasteiger partial charge in [-0.3, -0.25) is 9.48 Å². The van der Waals surface area contributed by atoms with Gasteiger partial charge in [0.25, 0.3) is 0 Å². The fourth-order valence-corrected chi connectivity index (χ4v) is 1.89. The smallest absolute Gasteiger partial charge is 0.243 e. The lowest BCUT2D eigenvalue weighted by Gasteiger charge is -2.11. The van der Waals surface area contributed by atoms with Gasteiger partial charge in [-0.05, 0) is 25.1 Å². The van der Waals surface area contributed by atoms with Gasteiger partial charge < -0.3 is 16.0 Å². The van der Waals surface area contributed by atoms with Crippen molar-refractivity contribution >= 4 is 17.6 Å². The molecule has 0 radical (unpaired) electrons. The molecule has 1 amide bonds. The third-order valence-corrected chi connectivity index (χ3v) is 3.05. The molecule has 2 aromatic rings. The van der Waals surface area contributed by atoms with Gasteiger partial charge in [-0.15, -0.1) is 0 Å². The fraction of sp³-hybridized carbons (Fsp3) is 0.333. The highest BCUT2D eigenvalue weighted by molar-refractivity contribution is 5.94. The Bertz CT molecular complexity index is 713. The summed E-state index contributed by atoms with van der Waals surface area (Å²) < 4.78 is 14.7. The van der Waals surface area contributed by atoms with Crippen LogP contribution in [0.1, 0.15) is 12.7 Å². The summed E-state index contributed by atoms with van der Waals surface area (Å²) in [6.45, 7) is 2.90. The molecule has 0 spiro atoms. The van der Waals surface area contributed by atoms with E-state index in [4.69, 9.17) is 0 Å². The second kappa shape index (κ2) is 8.61. The first kappa shape index (κ1) is 17.4. The summed E-state index contributed by atoms with van der Waals surface area (Å²) in [5.74, 6) is 0.482. The summed E-state index contributed by atoms with van der Waals surface area (Å²) in [7, 11) is 1.78. The number of hydrogen-bond acceptors (Lipinski definition) is 4. The van der Waals surface area contributed by atoms with Gasteiger partial charge in [-0.1, -0.05) is 6.07 Å². The molecule has 24 heavy (non-hydrogen) atoms. The standard InChI is InChI=1S/C15H20FN7O/c1-3-17-15(18-8-13-20-10-21-23(13)2)19-9-14(24)22-12-6-4-5-11(16)7-12/h4-7,10H,3,8-9H2,1-2H3,(H,22,24)(H2,17,18,19). The Hall–Kier alpha value is -2.97. The van der Waals surface area contributed by atoms with Crippen LogP contribution >= 0.6 is 0 Å². The van der Waals surface area contributed by atoms with E-state index in [1.807, 2.05) is 6.92 Å². The average molecular weight is 333 g/mol. The van der Waals surface area contributed by atoms with E-state index in [-0.39, 0.29) is 12.5 Å². The molecule has 1 aromatic carbocycles. The maximum absolute atomic E-state index is 13.1. The zero-order valence-corrected chi connectivity index (χ0v) is 13.6. The van der Waals surface area contributed by atoms with Crippen molar-refractivity contribution in [1.29, 1.82) is 0 Å². The van der Waals surface area contributed by atoms with E-state index in [2.05, 4.69) is 31.0 Å². The zero-order valence-electron chi connectivity index (χ0n) is 13.6. The first-order valence-electron chi connectivity index (χ1n) is 7.49. The van der Waals surface area contributed by atoms with Crippen molar-refractivity contribution in [2.24, 2.45) is 12.0 Å². The fourth-order valence-electron chi connectivity index (χ4n) is 1.89. The van der Waals surface area contributed by atoms with Crippen LogP contribution in [0.15, 0.2) is 35.6 Å². The quantitative estimate of drug-likeness (QED) is 0.533. The highest BCUT2D eigenvalue weighted by Gasteiger charge is 2.06. The summed E-state index contributed by atoms with van der Waals surface area (Å²) in [5.41, 5.74) is 0.405. The minimum absolute atomic E-state index is 0.00115. The number of aryl methyl sites for hydroxylation is 1. The lowest BCUT2D eigenvalue weighted by atomic mass is 10.3. The number of carbonyl (C=O) groups is 1. The van der Waals surface area contributed by atoms with Crippen LogP contribution in [0.3, 0.4) is 0 Å². The maximum Gasteiger partial charge on any atom is 0.243 e. The van der Waals surface area contributed by atoms with Crippen molar-refractivity contribution < 1.29 is 9.18 Å². The van der Waals surface area contributed by atoms with Crippen molar-refractivity contribution in [2.45, 2.75) is 13.5 Å². The van der Waals surface area contributed by atoms with Crippen molar-refractivity contribution in [1.82, 2.24) is 25.4 Å². The number of aliphatic imine (C=N–C) groups is 1. The predicted molar refractivity (Wildman–Crippen MR) is 88.9 cm³/mol. The molecule has 0 aliphatic heterocycles. The van der Waals surface area contributed by atoms with Crippen LogP contribution in [0.5, 0.6) is 0 Å². The van der Waals surface area contributed by atoms with Gasteiger partial charge in [0.05, 0.1) is 6.54 Å². The van der Waals surface area contributed by atoms with Gasteiger partial charge >= 0.3 is 0 Å². The largest absolute Gasteiger partial charge is 0.357 e. The number of aromatic nitrogens is 3. The maximum atomic E-state index is 13.1. The number of nitrogens with zero attached hydrogens (tertiary/aromatic N) is 4. The molecule has 0 atom stereocenters. The monoisotopic (exact) mass is 333 g/mol. The molecule has 0 aliphatic carbocycles. The third-order valence-electron chi connectivity index (χ3n) is 3.05. The second-order valence-corrected chi connectivity index (χ2v) is 4.91. The number of hydrogen-bond donors (Lipinski definition) is 3. The van der Waals surface area contributed by atoms with E-state index in [1.165, 1.54) is 24.5 Å². The average Bonchev–Trinajstić information content (AvgIpc) is 2.95. The van der Waals surface area contributed by atoms with Crippen LogP contribution in [0.4, 0.5) is 10.1 Å². The molecule has 0 saturated heterocycles. The highest BCUT2D eigenvalue weighted by Crippen LogP contribution is 2.08. The molecule has 0 aliphatic rings. The number of rotatable bonds is 6. The summed E-state index contributed by atoms with van der Waals surface area (Å²) >= 11 is 0. The molecule has 8 nitrogen and oxygen atoms in total. The molecule has 3 N–H and O–H groups in total. The van der Waals surface area contributed by atoms with E-state index in [0.29, 0.717) is 30.6 Å². The number of anilines is 1. The summed E-state index contributed by atoms with van der Waals surface area (Å²) in [6.07, 6.45) is 1.46. The molecule has 0 saturated carbocycles. The van der Waals surface area contributed by atoms with Crippen LogP contribution in [0.25, 0.3) is 0 Å². The molecule has 1 heterocycles. The van der Waals surface area contributed by atoms with Crippen molar-refractivity contribution in [2.75, 3.05) is 18.4 Å². The number of guanidine groups is 1. The molecule has 2 rings (SSSR count). The van der Waals surface area contributed by atoms with Crippen molar-refractivity contribution in [3.8, 4) is 0 Å². The van der Waals surface area contributed by atoms with Crippen LogP contribution in [0, 0.1) is 5.82 Å². The second-order valence-electron chi connectivity index (χ2n) is 4.91. The Kier molecular flexibility index (Phi) is 6.23. The predicted octanol–water partition coefficient (Wildman–Crippen LogP) is 0.648. The van der Waals surface area contributed by atoms with Gasteiger partial charge in [-0.2, -0.15) is 5.10 Å². The van der Waals surface area contributed by atoms with Crippen LogP contribution in [-0.2, 0) is 18.4 Å². The molecule has 9 heteroatoms. The number of carbonyl (C=O) groups excluding carboxylic acids is 1. The van der Waals surface area contributed by atoms with Gasteiger partial charge in [0.2, 0.25) is 5.91 Å². The Morgan fingerprint density at radius 1 is 1.38 bits per heavy atom. The first-order chi connectivity index (χ1) is 11.6. The van der Waals surface area contributed by atoms with Gasteiger partial charge in [-0.25, -0.2) is 14.4 Å². The van der Waals surface area contributed by atoms with E-state index < -0.39 is 5.82 Å². The summed E-state index contributed by atoms with van der Waals surface area (Å²) in [5, 5.41) is 12.5. The number of amides is 1. The van der Waals surface area contributed by atoms with Crippen molar-refractivity contribution in [3.05, 3.63) is 42.2 Å². The van der Waals surface area contributed by atoms with Gasteiger partial charge in [0.1, 0.15) is 24.5 Å². The molecule has 0 bridgehead atoms.